The van der Waals surface area contributed by atoms with Gasteiger partial charge in [0.25, 0.3) is 0 Å². The summed E-state index contributed by atoms with van der Waals surface area (Å²) in [6.07, 6.45) is 0. The number of ether oxygens (including phenoxy) is 1. The SMILES string of the molecule is CCN(CCOC)CC(=O)N(C)C. The molecule has 0 fully saturated rings. The average molecular weight is 188 g/mol. The van der Waals surface area contributed by atoms with Gasteiger partial charge >= 0.3 is 0 Å². The zero-order valence-electron chi connectivity index (χ0n) is 9.04. The molecule has 0 saturated heterocycles. The van der Waals surface area contributed by atoms with Crippen molar-refractivity contribution in [1.29, 1.82) is 0 Å². The van der Waals surface area contributed by atoms with Gasteiger partial charge in [-0.15, -0.1) is 0 Å². The van der Waals surface area contributed by atoms with Crippen LogP contribution in [0.2, 0.25) is 0 Å². The molecule has 0 N–H and O–H groups in total. The van der Waals surface area contributed by atoms with E-state index in [0.29, 0.717) is 13.2 Å². The summed E-state index contributed by atoms with van der Waals surface area (Å²) in [4.78, 5) is 15.0. The lowest BCUT2D eigenvalue weighted by Gasteiger charge is -2.21. The van der Waals surface area contributed by atoms with Crippen LogP contribution >= 0.6 is 0 Å². The van der Waals surface area contributed by atoms with Crippen LogP contribution in [-0.2, 0) is 9.53 Å². The highest BCUT2D eigenvalue weighted by atomic mass is 16.5. The molecular formula is C9H20N2O2. The first kappa shape index (κ1) is 12.4. The summed E-state index contributed by atoms with van der Waals surface area (Å²) in [5.74, 6) is 0.137. The number of nitrogens with zero attached hydrogens (tertiary/aromatic N) is 2. The molecule has 0 rings (SSSR count). The van der Waals surface area contributed by atoms with Gasteiger partial charge in [0.05, 0.1) is 13.2 Å². The van der Waals surface area contributed by atoms with E-state index >= 15 is 0 Å². The van der Waals surface area contributed by atoms with Gasteiger partial charge in [0.15, 0.2) is 0 Å². The molecule has 13 heavy (non-hydrogen) atoms. The Morgan fingerprint density at radius 3 is 2.38 bits per heavy atom. The van der Waals surface area contributed by atoms with Gasteiger partial charge in [-0.2, -0.15) is 0 Å². The number of carbonyl (C=O) groups excluding carboxylic acids is 1. The minimum absolute atomic E-state index is 0.137. The van der Waals surface area contributed by atoms with E-state index in [1.165, 1.54) is 0 Å². The van der Waals surface area contributed by atoms with E-state index in [9.17, 15) is 4.79 Å². The highest BCUT2D eigenvalue weighted by Crippen LogP contribution is 1.90. The van der Waals surface area contributed by atoms with Crippen molar-refractivity contribution in [2.24, 2.45) is 0 Å². The van der Waals surface area contributed by atoms with Crippen molar-refractivity contribution in [2.45, 2.75) is 6.92 Å². The molecule has 0 saturated carbocycles. The smallest absolute Gasteiger partial charge is 0.236 e. The second kappa shape index (κ2) is 6.86. The Kier molecular flexibility index (Phi) is 6.54. The minimum atomic E-state index is 0.137. The zero-order chi connectivity index (χ0) is 10.3. The van der Waals surface area contributed by atoms with Gasteiger partial charge in [-0.1, -0.05) is 6.92 Å². The Morgan fingerprint density at radius 1 is 1.38 bits per heavy atom. The number of methoxy groups -OCH3 is 1. The Labute approximate surface area is 80.5 Å². The number of hydrogen-bond donors (Lipinski definition) is 0. The van der Waals surface area contributed by atoms with Gasteiger partial charge in [0.2, 0.25) is 5.91 Å². The van der Waals surface area contributed by atoms with Crippen LogP contribution in [-0.4, -0.2) is 63.2 Å². The molecule has 0 aromatic carbocycles. The molecule has 0 unspecified atom stereocenters. The molecule has 78 valence electrons. The van der Waals surface area contributed by atoms with Crippen LogP contribution in [0.25, 0.3) is 0 Å². The molecule has 0 aromatic heterocycles. The number of hydrogen-bond acceptors (Lipinski definition) is 3. The van der Waals surface area contributed by atoms with E-state index in [1.807, 2.05) is 6.92 Å². The van der Waals surface area contributed by atoms with E-state index in [0.717, 1.165) is 13.1 Å². The third-order valence-electron chi connectivity index (χ3n) is 1.92. The molecule has 0 radical (unpaired) electrons. The predicted octanol–water partition coefficient (Wildman–Crippen LogP) is 0.0429. The first-order valence-corrected chi connectivity index (χ1v) is 4.53. The molecular weight excluding hydrogens is 168 g/mol. The second-order valence-corrected chi connectivity index (χ2v) is 3.15. The molecule has 0 aliphatic rings. The number of amides is 1. The summed E-state index contributed by atoms with van der Waals surface area (Å²) in [5.41, 5.74) is 0. The van der Waals surface area contributed by atoms with Crippen molar-refractivity contribution in [3.05, 3.63) is 0 Å². The largest absolute Gasteiger partial charge is 0.383 e. The lowest BCUT2D eigenvalue weighted by molar-refractivity contribution is -0.130. The maximum absolute atomic E-state index is 11.3. The first-order valence-electron chi connectivity index (χ1n) is 4.53. The minimum Gasteiger partial charge on any atom is -0.383 e. The Hall–Kier alpha value is -0.610. The molecule has 4 nitrogen and oxygen atoms in total. The molecule has 0 heterocycles. The molecule has 0 aromatic rings. The van der Waals surface area contributed by atoms with Crippen molar-refractivity contribution >= 4 is 5.91 Å². The van der Waals surface area contributed by atoms with Gasteiger partial charge in [0, 0.05) is 27.7 Å². The summed E-state index contributed by atoms with van der Waals surface area (Å²) in [7, 11) is 5.21. The topological polar surface area (TPSA) is 32.8 Å². The fourth-order valence-electron chi connectivity index (χ4n) is 0.902. The summed E-state index contributed by atoms with van der Waals surface area (Å²) >= 11 is 0. The van der Waals surface area contributed by atoms with Crippen molar-refractivity contribution in [2.75, 3.05) is 47.4 Å². The van der Waals surface area contributed by atoms with Crippen LogP contribution in [0.5, 0.6) is 0 Å². The molecule has 0 aliphatic carbocycles. The van der Waals surface area contributed by atoms with E-state index < -0.39 is 0 Å². The van der Waals surface area contributed by atoms with Gasteiger partial charge in [-0.25, -0.2) is 0 Å². The fraction of sp³-hybridized carbons (Fsp3) is 0.889. The van der Waals surface area contributed by atoms with Crippen LogP contribution in [0.15, 0.2) is 0 Å². The molecule has 0 atom stereocenters. The van der Waals surface area contributed by atoms with Crippen molar-refractivity contribution in [3.63, 3.8) is 0 Å². The third-order valence-corrected chi connectivity index (χ3v) is 1.92. The summed E-state index contributed by atoms with van der Waals surface area (Å²) < 4.78 is 4.95. The zero-order valence-corrected chi connectivity index (χ0v) is 9.04. The quantitative estimate of drug-likeness (QED) is 0.590. The van der Waals surface area contributed by atoms with Crippen molar-refractivity contribution < 1.29 is 9.53 Å². The molecule has 1 amide bonds. The molecule has 0 aliphatic heterocycles. The normalized spacial score (nSPS) is 10.5. The van der Waals surface area contributed by atoms with Gasteiger partial charge in [-0.3, -0.25) is 9.69 Å². The molecule has 0 bridgehead atoms. The van der Waals surface area contributed by atoms with Crippen LogP contribution in [0.1, 0.15) is 6.92 Å². The second-order valence-electron chi connectivity index (χ2n) is 3.15. The number of likely N-dealkylation sites (N-methyl/N-ethyl adjacent to an activating group) is 2. The number of carbonyl (C=O) groups is 1. The average Bonchev–Trinajstić information content (AvgIpc) is 2.11. The lowest BCUT2D eigenvalue weighted by atomic mass is 10.4. The van der Waals surface area contributed by atoms with Gasteiger partial charge in [-0.05, 0) is 6.54 Å². The van der Waals surface area contributed by atoms with Crippen LogP contribution in [0, 0.1) is 0 Å². The monoisotopic (exact) mass is 188 g/mol. The van der Waals surface area contributed by atoms with Gasteiger partial charge < -0.3 is 9.64 Å². The van der Waals surface area contributed by atoms with Crippen LogP contribution in [0.3, 0.4) is 0 Å². The Bertz CT molecular complexity index is 149. The summed E-state index contributed by atoms with van der Waals surface area (Å²) in [5, 5.41) is 0. The van der Waals surface area contributed by atoms with Gasteiger partial charge in [0.1, 0.15) is 0 Å². The Balaban J connectivity index is 3.76. The predicted molar refractivity (Wildman–Crippen MR) is 52.7 cm³/mol. The maximum atomic E-state index is 11.3. The summed E-state index contributed by atoms with van der Waals surface area (Å²) in [6, 6.07) is 0. The fourth-order valence-corrected chi connectivity index (χ4v) is 0.902. The maximum Gasteiger partial charge on any atom is 0.236 e. The standard InChI is InChI=1S/C9H20N2O2/c1-5-11(6-7-13-4)8-9(12)10(2)3/h5-8H2,1-4H3. The van der Waals surface area contributed by atoms with E-state index in [-0.39, 0.29) is 5.91 Å². The highest BCUT2D eigenvalue weighted by molar-refractivity contribution is 5.77. The van der Waals surface area contributed by atoms with E-state index in [4.69, 9.17) is 4.74 Å². The highest BCUT2D eigenvalue weighted by Gasteiger charge is 2.09. The van der Waals surface area contributed by atoms with Crippen LogP contribution < -0.4 is 0 Å². The first-order chi connectivity index (χ1) is 6.11. The molecule has 4 heteroatoms. The van der Waals surface area contributed by atoms with Crippen molar-refractivity contribution in [1.82, 2.24) is 9.80 Å². The number of rotatable bonds is 6. The van der Waals surface area contributed by atoms with Crippen LogP contribution in [0.4, 0.5) is 0 Å². The Morgan fingerprint density at radius 2 is 2.00 bits per heavy atom. The van der Waals surface area contributed by atoms with Crippen molar-refractivity contribution in [3.8, 4) is 0 Å². The summed E-state index contributed by atoms with van der Waals surface area (Å²) in [6.45, 7) is 4.88. The van der Waals surface area contributed by atoms with E-state index in [2.05, 4.69) is 4.90 Å². The lowest BCUT2D eigenvalue weighted by Crippen LogP contribution is -2.38. The van der Waals surface area contributed by atoms with E-state index in [1.54, 1.807) is 26.1 Å². The molecule has 0 spiro atoms. The third kappa shape index (κ3) is 5.60.